The van der Waals surface area contributed by atoms with Gasteiger partial charge < -0.3 is 15.2 Å². The molecule has 1 atom stereocenters. The molecule has 1 aromatic heterocycles. The maximum atomic E-state index is 12.4. The van der Waals surface area contributed by atoms with Crippen molar-refractivity contribution in [1.29, 1.82) is 0 Å². The van der Waals surface area contributed by atoms with E-state index < -0.39 is 5.54 Å². The average Bonchev–Trinajstić information content (AvgIpc) is 3.25. The van der Waals surface area contributed by atoms with Gasteiger partial charge in [-0.05, 0) is 31.0 Å². The van der Waals surface area contributed by atoms with Crippen LogP contribution in [0.3, 0.4) is 0 Å². The Morgan fingerprint density at radius 1 is 1.19 bits per heavy atom. The fourth-order valence-electron chi connectivity index (χ4n) is 3.65. The molecule has 2 heterocycles. The number of rotatable bonds is 3. The van der Waals surface area contributed by atoms with Crippen LogP contribution in [0.25, 0.3) is 0 Å². The minimum absolute atomic E-state index is 0. The van der Waals surface area contributed by atoms with Gasteiger partial charge in [-0.2, -0.15) is 4.98 Å². The molecule has 2 fully saturated rings. The molecule has 140 valence electrons. The number of amides is 1. The van der Waals surface area contributed by atoms with Gasteiger partial charge in [-0.25, -0.2) is 0 Å². The maximum Gasteiger partial charge on any atom is 0.232 e. The minimum atomic E-state index is -0.496. The zero-order valence-electron chi connectivity index (χ0n) is 14.0. The van der Waals surface area contributed by atoms with Crippen LogP contribution in [-0.4, -0.2) is 22.6 Å². The Kier molecular flexibility index (Phi) is 5.49. The van der Waals surface area contributed by atoms with Crippen molar-refractivity contribution in [2.45, 2.75) is 43.6 Å². The lowest BCUT2D eigenvalue weighted by atomic mass is 9.98. The highest BCUT2D eigenvalue weighted by molar-refractivity contribution is 6.35. The first-order chi connectivity index (χ1) is 11.9. The predicted octanol–water partition coefficient (Wildman–Crippen LogP) is 4.05. The zero-order chi connectivity index (χ0) is 17.6. The molecule has 0 spiro atoms. The van der Waals surface area contributed by atoms with Gasteiger partial charge >= 0.3 is 0 Å². The first kappa shape index (κ1) is 19.4. The molecule has 4 rings (SSSR count). The highest BCUT2D eigenvalue weighted by Crippen LogP contribution is 2.37. The van der Waals surface area contributed by atoms with E-state index in [0.29, 0.717) is 40.4 Å². The van der Waals surface area contributed by atoms with E-state index in [1.807, 2.05) is 0 Å². The Balaban J connectivity index is 0.00000196. The van der Waals surface area contributed by atoms with Gasteiger partial charge in [-0.1, -0.05) is 41.2 Å². The van der Waals surface area contributed by atoms with E-state index in [4.69, 9.17) is 33.5 Å². The summed E-state index contributed by atoms with van der Waals surface area (Å²) in [5.74, 6) is 0.843. The number of carbonyl (C=O) groups is 1. The van der Waals surface area contributed by atoms with Crippen LogP contribution in [0, 0.1) is 0 Å². The van der Waals surface area contributed by atoms with Gasteiger partial charge in [-0.15, -0.1) is 12.4 Å². The van der Waals surface area contributed by atoms with E-state index in [0.717, 1.165) is 25.7 Å². The van der Waals surface area contributed by atoms with E-state index in [2.05, 4.69) is 10.1 Å². The molecular weight excluding hydrogens is 399 g/mol. The standard InChI is InChI=1S/C17H18Cl2N4O2.ClH/c18-11-6-12(19)8-13(7-11)23-9-10(5-14(23)24)15-21-16(22-25-15)17(20)3-1-2-4-17;/h6-8,10H,1-5,9,20H2;1H. The molecule has 9 heteroatoms. The first-order valence-corrected chi connectivity index (χ1v) is 9.10. The van der Waals surface area contributed by atoms with Crippen LogP contribution in [-0.2, 0) is 10.3 Å². The number of nitrogens with two attached hydrogens (primary N) is 1. The van der Waals surface area contributed by atoms with Crippen molar-refractivity contribution < 1.29 is 9.32 Å². The van der Waals surface area contributed by atoms with Crippen molar-refractivity contribution in [2.75, 3.05) is 11.4 Å². The molecule has 2 N–H and O–H groups in total. The molecule has 1 saturated heterocycles. The number of hydrogen-bond acceptors (Lipinski definition) is 5. The van der Waals surface area contributed by atoms with Crippen LogP contribution in [0.1, 0.15) is 49.7 Å². The van der Waals surface area contributed by atoms with E-state index in [-0.39, 0.29) is 24.2 Å². The highest BCUT2D eigenvalue weighted by atomic mass is 35.5. The normalized spacial score (nSPS) is 21.9. The van der Waals surface area contributed by atoms with Gasteiger partial charge in [0.2, 0.25) is 11.8 Å². The minimum Gasteiger partial charge on any atom is -0.339 e. The fourth-order valence-corrected chi connectivity index (χ4v) is 4.16. The molecule has 1 aliphatic carbocycles. The second kappa shape index (κ2) is 7.35. The summed E-state index contributed by atoms with van der Waals surface area (Å²) in [7, 11) is 0. The Bertz CT molecular complexity index is 800. The number of carbonyl (C=O) groups excluding carboxylic acids is 1. The molecule has 1 saturated carbocycles. The molecule has 2 aliphatic rings. The summed E-state index contributed by atoms with van der Waals surface area (Å²) in [6.45, 7) is 0.453. The molecule has 1 aromatic carbocycles. The van der Waals surface area contributed by atoms with Gasteiger partial charge in [-0.3, -0.25) is 4.79 Å². The van der Waals surface area contributed by atoms with E-state index in [1.54, 1.807) is 23.1 Å². The van der Waals surface area contributed by atoms with Crippen molar-refractivity contribution in [1.82, 2.24) is 10.1 Å². The molecule has 26 heavy (non-hydrogen) atoms. The largest absolute Gasteiger partial charge is 0.339 e. The van der Waals surface area contributed by atoms with Crippen molar-refractivity contribution in [3.05, 3.63) is 40.0 Å². The lowest BCUT2D eigenvalue weighted by Crippen LogP contribution is -2.34. The van der Waals surface area contributed by atoms with Crippen molar-refractivity contribution in [3.63, 3.8) is 0 Å². The molecule has 1 aliphatic heterocycles. The Morgan fingerprint density at radius 2 is 1.85 bits per heavy atom. The number of benzene rings is 1. The molecule has 0 bridgehead atoms. The van der Waals surface area contributed by atoms with Gasteiger partial charge in [0.05, 0.1) is 11.5 Å². The molecule has 2 aromatic rings. The maximum absolute atomic E-state index is 12.4. The smallest absolute Gasteiger partial charge is 0.232 e. The summed E-state index contributed by atoms with van der Waals surface area (Å²) in [6.07, 6.45) is 4.19. The van der Waals surface area contributed by atoms with Crippen LogP contribution >= 0.6 is 35.6 Å². The SMILES string of the molecule is Cl.NC1(c2noc(C3CC(=O)N(c4cc(Cl)cc(Cl)c4)C3)n2)CCCC1. The highest BCUT2D eigenvalue weighted by Gasteiger charge is 2.39. The van der Waals surface area contributed by atoms with Crippen molar-refractivity contribution in [3.8, 4) is 0 Å². The number of aromatic nitrogens is 2. The van der Waals surface area contributed by atoms with Gasteiger partial charge in [0.25, 0.3) is 0 Å². The van der Waals surface area contributed by atoms with Gasteiger partial charge in [0.1, 0.15) is 0 Å². The summed E-state index contributed by atoms with van der Waals surface area (Å²) in [5, 5.41) is 5.06. The van der Waals surface area contributed by atoms with Crippen LogP contribution in [0.5, 0.6) is 0 Å². The van der Waals surface area contributed by atoms with Crippen LogP contribution < -0.4 is 10.6 Å². The van der Waals surface area contributed by atoms with Crippen molar-refractivity contribution in [2.24, 2.45) is 5.73 Å². The summed E-state index contributed by atoms with van der Waals surface area (Å²) >= 11 is 12.1. The molecule has 0 radical (unpaired) electrons. The Hall–Kier alpha value is -1.34. The van der Waals surface area contributed by atoms with Crippen LogP contribution in [0.2, 0.25) is 10.0 Å². The number of nitrogens with zero attached hydrogens (tertiary/aromatic N) is 3. The Morgan fingerprint density at radius 3 is 2.50 bits per heavy atom. The summed E-state index contributed by atoms with van der Waals surface area (Å²) in [6, 6.07) is 5.08. The molecule has 6 nitrogen and oxygen atoms in total. The summed E-state index contributed by atoms with van der Waals surface area (Å²) in [5.41, 5.74) is 6.56. The monoisotopic (exact) mass is 416 g/mol. The first-order valence-electron chi connectivity index (χ1n) is 8.34. The van der Waals surface area contributed by atoms with Crippen molar-refractivity contribution >= 4 is 47.2 Å². The quantitative estimate of drug-likeness (QED) is 0.814. The Labute approximate surface area is 167 Å². The number of anilines is 1. The van der Waals surface area contributed by atoms with Crippen LogP contribution in [0.15, 0.2) is 22.7 Å². The predicted molar refractivity (Wildman–Crippen MR) is 102 cm³/mol. The number of halogens is 3. The third kappa shape index (κ3) is 3.56. The summed E-state index contributed by atoms with van der Waals surface area (Å²) < 4.78 is 5.43. The van der Waals surface area contributed by atoms with E-state index in [1.165, 1.54) is 0 Å². The average molecular weight is 418 g/mol. The summed E-state index contributed by atoms with van der Waals surface area (Å²) in [4.78, 5) is 18.6. The third-order valence-corrected chi connectivity index (χ3v) is 5.45. The zero-order valence-corrected chi connectivity index (χ0v) is 16.3. The second-order valence-corrected chi connectivity index (χ2v) is 7.73. The second-order valence-electron chi connectivity index (χ2n) is 6.85. The number of hydrogen-bond donors (Lipinski definition) is 1. The van der Waals surface area contributed by atoms with Gasteiger partial charge in [0.15, 0.2) is 5.82 Å². The molecule has 1 unspecified atom stereocenters. The lowest BCUT2D eigenvalue weighted by Gasteiger charge is -2.18. The van der Waals surface area contributed by atoms with Gasteiger partial charge in [0, 0.05) is 28.7 Å². The van der Waals surface area contributed by atoms with Crippen LogP contribution in [0.4, 0.5) is 5.69 Å². The lowest BCUT2D eigenvalue weighted by molar-refractivity contribution is -0.117. The topological polar surface area (TPSA) is 85.2 Å². The molecule has 1 amide bonds. The van der Waals surface area contributed by atoms with E-state index >= 15 is 0 Å². The van der Waals surface area contributed by atoms with E-state index in [9.17, 15) is 4.79 Å². The molecular formula is C17H19Cl3N4O2. The third-order valence-electron chi connectivity index (χ3n) is 5.02. The fraction of sp³-hybridized carbons (Fsp3) is 0.471.